The van der Waals surface area contributed by atoms with Crippen molar-refractivity contribution in [3.05, 3.63) is 59.4 Å². The van der Waals surface area contributed by atoms with Crippen molar-refractivity contribution in [2.24, 2.45) is 0 Å². The zero-order valence-corrected chi connectivity index (χ0v) is 18.4. The molecule has 3 rings (SSSR count). The fourth-order valence-electron chi connectivity index (χ4n) is 3.29. The Balaban J connectivity index is 1.41. The summed E-state index contributed by atoms with van der Waals surface area (Å²) in [6.45, 7) is 7.11. The van der Waals surface area contributed by atoms with Gasteiger partial charge >= 0.3 is 0 Å². The van der Waals surface area contributed by atoms with Gasteiger partial charge in [-0.1, -0.05) is 18.2 Å². The molecule has 1 heterocycles. The van der Waals surface area contributed by atoms with Crippen LogP contribution in [0.5, 0.6) is 0 Å². The van der Waals surface area contributed by atoms with Crippen LogP contribution in [0.2, 0.25) is 0 Å². The first kappa shape index (κ1) is 22.0. The highest BCUT2D eigenvalue weighted by atomic mass is 32.2. The van der Waals surface area contributed by atoms with Crippen molar-refractivity contribution in [1.29, 1.82) is 0 Å². The Hall–Kier alpha value is -2.71. The first-order valence-electron chi connectivity index (χ1n) is 10.0. The number of aryl methyl sites for hydroxylation is 4. The summed E-state index contributed by atoms with van der Waals surface area (Å²) in [7, 11) is -3.62. The highest BCUT2D eigenvalue weighted by Crippen LogP contribution is 2.16. The summed E-state index contributed by atoms with van der Waals surface area (Å²) < 4.78 is 29.3. The van der Waals surface area contributed by atoms with E-state index in [1.165, 1.54) is 0 Å². The third-order valence-corrected chi connectivity index (χ3v) is 6.62. The van der Waals surface area contributed by atoms with Gasteiger partial charge in [0.1, 0.15) is 5.82 Å². The van der Waals surface area contributed by atoms with E-state index in [1.54, 1.807) is 18.2 Å². The van der Waals surface area contributed by atoms with Crippen LogP contribution in [0.3, 0.4) is 0 Å². The summed E-state index contributed by atoms with van der Waals surface area (Å²) in [6.07, 6.45) is 0.860. The number of amides is 1. The molecule has 0 spiro atoms. The maximum atomic E-state index is 12.4. The Morgan fingerprint density at radius 3 is 2.57 bits per heavy atom. The topological polar surface area (TPSA) is 93.1 Å². The number of benzene rings is 2. The largest absolute Gasteiger partial charge is 0.356 e. The molecule has 1 amide bonds. The summed E-state index contributed by atoms with van der Waals surface area (Å²) in [5.41, 5.74) is 4.00. The number of hydrogen-bond acceptors (Lipinski definition) is 4. The molecule has 0 radical (unpaired) electrons. The number of para-hydroxylation sites is 2. The van der Waals surface area contributed by atoms with Crippen LogP contribution in [0.1, 0.15) is 29.8 Å². The van der Waals surface area contributed by atoms with Crippen molar-refractivity contribution >= 4 is 27.0 Å². The van der Waals surface area contributed by atoms with Crippen LogP contribution in [0.25, 0.3) is 11.0 Å². The van der Waals surface area contributed by atoms with Gasteiger partial charge in [0.25, 0.3) is 0 Å². The van der Waals surface area contributed by atoms with E-state index in [1.807, 2.05) is 45.0 Å². The monoisotopic (exact) mass is 428 g/mol. The second-order valence-corrected chi connectivity index (χ2v) is 9.16. The van der Waals surface area contributed by atoms with Crippen molar-refractivity contribution in [2.75, 3.05) is 13.1 Å². The number of carbonyl (C=O) groups is 1. The van der Waals surface area contributed by atoms with Gasteiger partial charge in [0.15, 0.2) is 0 Å². The minimum atomic E-state index is -3.62. The van der Waals surface area contributed by atoms with E-state index in [4.69, 9.17) is 0 Å². The molecule has 160 valence electrons. The number of imidazole rings is 1. The van der Waals surface area contributed by atoms with Gasteiger partial charge in [-0.05, 0) is 62.6 Å². The second-order valence-electron chi connectivity index (χ2n) is 7.40. The molecule has 8 heteroatoms. The zero-order valence-electron chi connectivity index (χ0n) is 17.6. The van der Waals surface area contributed by atoms with E-state index in [0.29, 0.717) is 6.54 Å². The lowest BCUT2D eigenvalue weighted by Gasteiger charge is -2.10. The first-order valence-corrected chi connectivity index (χ1v) is 11.5. The average Bonchev–Trinajstić information content (AvgIpc) is 3.02. The van der Waals surface area contributed by atoms with E-state index >= 15 is 0 Å². The molecular formula is C22H28N4O3S. The maximum Gasteiger partial charge on any atom is 0.240 e. The molecule has 0 unspecified atom stereocenters. The average molecular weight is 429 g/mol. The molecule has 0 aliphatic rings. The minimum absolute atomic E-state index is 0.0619. The van der Waals surface area contributed by atoms with Crippen molar-refractivity contribution in [1.82, 2.24) is 19.6 Å². The molecule has 7 nitrogen and oxygen atoms in total. The first-order chi connectivity index (χ1) is 14.3. The van der Waals surface area contributed by atoms with Gasteiger partial charge in [-0.2, -0.15) is 0 Å². The van der Waals surface area contributed by atoms with Crippen LogP contribution in [-0.4, -0.2) is 37.0 Å². The molecule has 0 aliphatic heterocycles. The Kier molecular flexibility index (Phi) is 6.89. The lowest BCUT2D eigenvalue weighted by molar-refractivity contribution is -0.120. The Bertz CT molecular complexity index is 1150. The van der Waals surface area contributed by atoms with Gasteiger partial charge in [0.2, 0.25) is 15.9 Å². The number of rotatable bonds is 9. The zero-order chi connectivity index (χ0) is 21.7. The number of hydrogen-bond donors (Lipinski definition) is 2. The van der Waals surface area contributed by atoms with Gasteiger partial charge < -0.3 is 9.88 Å². The van der Waals surface area contributed by atoms with Crippen LogP contribution < -0.4 is 10.0 Å². The molecule has 2 N–H and O–H groups in total. The number of nitrogens with one attached hydrogen (secondary N) is 2. The minimum Gasteiger partial charge on any atom is -0.356 e. The molecular weight excluding hydrogens is 400 g/mol. The van der Waals surface area contributed by atoms with E-state index in [-0.39, 0.29) is 23.8 Å². The van der Waals surface area contributed by atoms with Gasteiger partial charge in [-0.15, -0.1) is 0 Å². The molecule has 2 aromatic carbocycles. The number of nitrogens with zero attached hydrogens (tertiary/aromatic N) is 2. The van der Waals surface area contributed by atoms with E-state index in [2.05, 4.69) is 19.6 Å². The molecule has 3 aromatic rings. The summed E-state index contributed by atoms with van der Waals surface area (Å²) in [5, 5.41) is 2.85. The van der Waals surface area contributed by atoms with E-state index in [0.717, 1.165) is 41.0 Å². The quantitative estimate of drug-likeness (QED) is 0.513. The lowest BCUT2D eigenvalue weighted by Crippen LogP contribution is -2.31. The van der Waals surface area contributed by atoms with Gasteiger partial charge in [-0.25, -0.2) is 18.1 Å². The number of carbonyl (C=O) groups excluding carboxylic acids is 1. The van der Waals surface area contributed by atoms with Gasteiger partial charge in [0, 0.05) is 26.1 Å². The smallest absolute Gasteiger partial charge is 0.240 e. The summed E-state index contributed by atoms with van der Waals surface area (Å²) >= 11 is 0. The van der Waals surface area contributed by atoms with Crippen molar-refractivity contribution in [3.63, 3.8) is 0 Å². The Morgan fingerprint density at radius 2 is 1.80 bits per heavy atom. The molecule has 0 saturated heterocycles. The normalized spacial score (nSPS) is 11.7. The third-order valence-electron chi connectivity index (χ3n) is 5.16. The summed E-state index contributed by atoms with van der Waals surface area (Å²) in [6, 6.07) is 13.0. The van der Waals surface area contributed by atoms with Crippen LogP contribution in [-0.2, 0) is 21.4 Å². The van der Waals surface area contributed by atoms with Crippen molar-refractivity contribution in [2.45, 2.75) is 45.1 Å². The van der Waals surface area contributed by atoms with Crippen LogP contribution >= 0.6 is 0 Å². The highest BCUT2D eigenvalue weighted by molar-refractivity contribution is 7.89. The number of sulfonamides is 1. The molecule has 0 fully saturated rings. The summed E-state index contributed by atoms with van der Waals surface area (Å²) in [5.74, 6) is 0.772. The summed E-state index contributed by atoms with van der Waals surface area (Å²) in [4.78, 5) is 16.8. The van der Waals surface area contributed by atoms with Crippen molar-refractivity contribution < 1.29 is 13.2 Å². The Morgan fingerprint density at radius 1 is 1.03 bits per heavy atom. The van der Waals surface area contributed by atoms with Crippen LogP contribution in [0, 0.1) is 20.8 Å². The molecule has 30 heavy (non-hydrogen) atoms. The SMILES string of the molecule is Cc1ccc(S(=O)(=O)NCCC(=O)NCCCn2c(C)nc3ccccc32)cc1C. The molecule has 0 bridgehead atoms. The Labute approximate surface area is 177 Å². The molecule has 0 saturated carbocycles. The van der Waals surface area contributed by atoms with Crippen molar-refractivity contribution in [3.8, 4) is 0 Å². The van der Waals surface area contributed by atoms with Gasteiger partial charge in [0.05, 0.1) is 15.9 Å². The molecule has 0 aliphatic carbocycles. The van der Waals surface area contributed by atoms with E-state index < -0.39 is 10.0 Å². The number of fused-ring (bicyclic) bond motifs is 1. The predicted octanol–water partition coefficient (Wildman–Crippen LogP) is 2.84. The molecule has 1 aromatic heterocycles. The fraction of sp³-hybridized carbons (Fsp3) is 0.364. The third kappa shape index (κ3) is 5.25. The number of aromatic nitrogens is 2. The lowest BCUT2D eigenvalue weighted by atomic mass is 10.1. The van der Waals surface area contributed by atoms with Crippen LogP contribution in [0.15, 0.2) is 47.4 Å². The van der Waals surface area contributed by atoms with Crippen LogP contribution in [0.4, 0.5) is 0 Å². The van der Waals surface area contributed by atoms with E-state index in [9.17, 15) is 13.2 Å². The van der Waals surface area contributed by atoms with Gasteiger partial charge in [-0.3, -0.25) is 4.79 Å². The second kappa shape index (κ2) is 9.40. The molecule has 0 atom stereocenters. The standard InChI is InChI=1S/C22H28N4O3S/c1-16-9-10-19(15-17(16)2)30(28,29)24-13-11-22(27)23-12-6-14-26-18(3)25-20-7-4-5-8-21(20)26/h4-5,7-10,15,24H,6,11-14H2,1-3H3,(H,23,27). The fourth-order valence-corrected chi connectivity index (χ4v) is 4.41. The maximum absolute atomic E-state index is 12.4. The highest BCUT2D eigenvalue weighted by Gasteiger charge is 2.15. The predicted molar refractivity (Wildman–Crippen MR) is 118 cm³/mol.